The van der Waals surface area contributed by atoms with E-state index in [4.69, 9.17) is 0 Å². The van der Waals surface area contributed by atoms with Gasteiger partial charge in [0.15, 0.2) is 5.16 Å². The minimum atomic E-state index is -4.61. The molecule has 1 N–H and O–H groups in total. The summed E-state index contributed by atoms with van der Waals surface area (Å²) in [5.74, 6) is -0.325. The van der Waals surface area contributed by atoms with Gasteiger partial charge in [-0.05, 0) is 55.8 Å². The van der Waals surface area contributed by atoms with Crippen LogP contribution >= 0.6 is 11.8 Å². The van der Waals surface area contributed by atoms with Gasteiger partial charge >= 0.3 is 6.18 Å². The lowest BCUT2D eigenvalue weighted by atomic mass is 10.1. The number of rotatable bonds is 5. The number of pyridine rings is 1. The summed E-state index contributed by atoms with van der Waals surface area (Å²) in [6.45, 7) is 3.39. The third kappa shape index (κ3) is 4.81. The van der Waals surface area contributed by atoms with Gasteiger partial charge in [0.05, 0.1) is 27.4 Å². The molecule has 1 atom stereocenters. The number of carbonyl (C=O) groups excluding carboxylic acids is 1. The van der Waals surface area contributed by atoms with Crippen molar-refractivity contribution < 1.29 is 18.0 Å². The highest BCUT2D eigenvalue weighted by atomic mass is 32.2. The number of benzene rings is 2. The molecule has 0 fully saturated rings. The van der Waals surface area contributed by atoms with Crippen molar-refractivity contribution in [2.24, 2.45) is 0 Å². The van der Waals surface area contributed by atoms with E-state index in [1.165, 1.54) is 29.7 Å². The Morgan fingerprint density at radius 2 is 1.79 bits per heavy atom. The van der Waals surface area contributed by atoms with Gasteiger partial charge in [0.2, 0.25) is 5.91 Å². The van der Waals surface area contributed by atoms with Crippen LogP contribution in [0.1, 0.15) is 18.1 Å². The molecule has 0 aliphatic rings. The first-order chi connectivity index (χ1) is 16.1. The Morgan fingerprint density at radius 1 is 1.09 bits per heavy atom. The molecule has 0 radical (unpaired) electrons. The fraction of sp³-hybridized carbons (Fsp3) is 0.167. The number of alkyl halides is 3. The number of hydrogen-bond acceptors (Lipinski definition) is 5. The summed E-state index contributed by atoms with van der Waals surface area (Å²) in [6.07, 6.45) is -3.05. The summed E-state index contributed by atoms with van der Waals surface area (Å²) in [6, 6.07) is 15.0. The third-order valence-electron chi connectivity index (χ3n) is 5.02. The zero-order chi connectivity index (χ0) is 24.5. The molecule has 0 saturated carbocycles. The predicted molar refractivity (Wildman–Crippen MR) is 125 cm³/mol. The van der Waals surface area contributed by atoms with Gasteiger partial charge in [-0.3, -0.25) is 9.59 Å². The van der Waals surface area contributed by atoms with E-state index in [0.717, 1.165) is 23.4 Å². The molecule has 0 saturated heterocycles. The van der Waals surface area contributed by atoms with E-state index in [2.05, 4.69) is 15.3 Å². The number of anilines is 1. The maximum atomic E-state index is 13.3. The van der Waals surface area contributed by atoms with Crippen LogP contribution in [0.3, 0.4) is 0 Å². The van der Waals surface area contributed by atoms with Crippen molar-refractivity contribution in [2.75, 3.05) is 5.32 Å². The molecule has 34 heavy (non-hydrogen) atoms. The first kappa shape index (κ1) is 23.5. The maximum Gasteiger partial charge on any atom is 0.418 e. The molecule has 0 bridgehead atoms. The fourth-order valence-corrected chi connectivity index (χ4v) is 4.24. The molecular formula is C24H19F3N4O2S. The number of hydrogen-bond donors (Lipinski definition) is 1. The lowest BCUT2D eigenvalue weighted by Crippen LogP contribution is -2.27. The lowest BCUT2D eigenvalue weighted by Gasteiger charge is -2.18. The van der Waals surface area contributed by atoms with Gasteiger partial charge in [-0.15, -0.1) is 0 Å². The summed E-state index contributed by atoms with van der Waals surface area (Å²) < 4.78 is 41.2. The van der Waals surface area contributed by atoms with Crippen molar-refractivity contribution in [1.29, 1.82) is 0 Å². The zero-order valence-electron chi connectivity index (χ0n) is 18.1. The van der Waals surface area contributed by atoms with Gasteiger partial charge in [0.25, 0.3) is 5.56 Å². The standard InChI is InChI=1S/C24H19F3N4O2S/c1-14-11-12-28-20(13-14)31-22(33)16-7-3-5-9-18(16)30-23(31)34-15(2)21(32)29-19-10-6-4-8-17(19)24(25,26)27/h3-13,15H,1-2H3,(H,29,32). The Morgan fingerprint density at radius 3 is 2.53 bits per heavy atom. The summed E-state index contributed by atoms with van der Waals surface area (Å²) in [4.78, 5) is 35.0. The average molecular weight is 485 g/mol. The van der Waals surface area contributed by atoms with Crippen LogP contribution in [-0.2, 0) is 11.0 Å². The molecule has 2 aromatic carbocycles. The van der Waals surface area contributed by atoms with Crippen LogP contribution in [-0.4, -0.2) is 25.7 Å². The first-order valence-corrected chi connectivity index (χ1v) is 11.1. The van der Waals surface area contributed by atoms with E-state index in [9.17, 15) is 22.8 Å². The van der Waals surface area contributed by atoms with E-state index in [1.807, 2.05) is 6.92 Å². The van der Waals surface area contributed by atoms with Crippen LogP contribution in [0.25, 0.3) is 16.7 Å². The first-order valence-electron chi connectivity index (χ1n) is 10.2. The van der Waals surface area contributed by atoms with Gasteiger partial charge < -0.3 is 5.32 Å². The van der Waals surface area contributed by atoms with Crippen LogP contribution in [0, 0.1) is 6.92 Å². The van der Waals surface area contributed by atoms with Crippen molar-refractivity contribution >= 4 is 34.3 Å². The number of aromatic nitrogens is 3. The monoisotopic (exact) mass is 484 g/mol. The Hall–Kier alpha value is -3.66. The van der Waals surface area contributed by atoms with Crippen LogP contribution in [0.5, 0.6) is 0 Å². The molecule has 174 valence electrons. The molecule has 2 heterocycles. The van der Waals surface area contributed by atoms with E-state index < -0.39 is 22.9 Å². The molecule has 10 heteroatoms. The van der Waals surface area contributed by atoms with Crippen LogP contribution in [0.15, 0.2) is 76.8 Å². The highest BCUT2D eigenvalue weighted by molar-refractivity contribution is 8.00. The Balaban J connectivity index is 1.71. The number of nitrogens with one attached hydrogen (secondary N) is 1. The third-order valence-corrected chi connectivity index (χ3v) is 6.07. The van der Waals surface area contributed by atoms with Gasteiger partial charge in [0.1, 0.15) is 5.82 Å². The molecule has 1 unspecified atom stereocenters. The fourth-order valence-electron chi connectivity index (χ4n) is 3.32. The summed E-state index contributed by atoms with van der Waals surface area (Å²) in [5.41, 5.74) is -0.326. The molecule has 0 aliphatic heterocycles. The summed E-state index contributed by atoms with van der Waals surface area (Å²) in [5, 5.41) is 2.06. The number of aryl methyl sites for hydroxylation is 1. The number of carbonyl (C=O) groups is 1. The number of thioether (sulfide) groups is 1. The van der Waals surface area contributed by atoms with Gasteiger partial charge in [-0.25, -0.2) is 14.5 Å². The van der Waals surface area contributed by atoms with Gasteiger partial charge in [0, 0.05) is 6.20 Å². The number of nitrogens with zero attached hydrogens (tertiary/aromatic N) is 3. The second kappa shape index (κ2) is 9.30. The van der Waals surface area contributed by atoms with E-state index >= 15 is 0 Å². The number of fused-ring (bicyclic) bond motifs is 1. The predicted octanol–water partition coefficient (Wildman–Crippen LogP) is 5.23. The number of halogens is 3. The summed E-state index contributed by atoms with van der Waals surface area (Å²) >= 11 is 0.959. The molecule has 2 aromatic heterocycles. The molecule has 0 spiro atoms. The van der Waals surface area contributed by atoms with Gasteiger partial charge in [-0.2, -0.15) is 13.2 Å². The molecule has 1 amide bonds. The van der Waals surface area contributed by atoms with Crippen molar-refractivity contribution in [3.63, 3.8) is 0 Å². The normalized spacial score (nSPS) is 12.5. The Bertz CT molecular complexity index is 1440. The summed E-state index contributed by atoms with van der Waals surface area (Å²) in [7, 11) is 0. The van der Waals surface area contributed by atoms with Crippen molar-refractivity contribution in [3.05, 3.63) is 88.3 Å². The van der Waals surface area contributed by atoms with E-state index in [0.29, 0.717) is 16.7 Å². The second-order valence-electron chi connectivity index (χ2n) is 7.54. The van der Waals surface area contributed by atoms with Crippen molar-refractivity contribution in [2.45, 2.75) is 30.4 Å². The van der Waals surface area contributed by atoms with Gasteiger partial charge in [-0.1, -0.05) is 36.0 Å². The molecule has 6 nitrogen and oxygen atoms in total. The van der Waals surface area contributed by atoms with Crippen LogP contribution < -0.4 is 10.9 Å². The zero-order valence-corrected chi connectivity index (χ0v) is 18.9. The highest BCUT2D eigenvalue weighted by Crippen LogP contribution is 2.35. The van der Waals surface area contributed by atoms with Crippen LogP contribution in [0.4, 0.5) is 18.9 Å². The van der Waals surface area contributed by atoms with Crippen molar-refractivity contribution in [3.8, 4) is 5.82 Å². The molecule has 4 rings (SSSR count). The number of para-hydroxylation sites is 2. The molecule has 4 aromatic rings. The minimum Gasteiger partial charge on any atom is -0.325 e. The topological polar surface area (TPSA) is 76.9 Å². The molecule has 0 aliphatic carbocycles. The largest absolute Gasteiger partial charge is 0.418 e. The smallest absolute Gasteiger partial charge is 0.325 e. The SMILES string of the molecule is Cc1ccnc(-n2c(SC(C)C(=O)Nc3ccccc3C(F)(F)F)nc3ccccc3c2=O)c1. The van der Waals surface area contributed by atoms with E-state index in [-0.39, 0.29) is 16.4 Å². The van der Waals surface area contributed by atoms with Crippen LogP contribution in [0.2, 0.25) is 0 Å². The van der Waals surface area contributed by atoms with Crippen molar-refractivity contribution in [1.82, 2.24) is 14.5 Å². The second-order valence-corrected chi connectivity index (χ2v) is 8.84. The Labute approximate surface area is 196 Å². The quantitative estimate of drug-likeness (QED) is 0.310. The minimum absolute atomic E-state index is 0.202. The average Bonchev–Trinajstić information content (AvgIpc) is 2.79. The lowest BCUT2D eigenvalue weighted by molar-refractivity contribution is -0.137. The highest BCUT2D eigenvalue weighted by Gasteiger charge is 2.34. The Kier molecular flexibility index (Phi) is 6.43. The maximum absolute atomic E-state index is 13.3. The molecular weight excluding hydrogens is 465 g/mol. The number of amides is 1. The van der Waals surface area contributed by atoms with E-state index in [1.54, 1.807) is 42.6 Å².